The quantitative estimate of drug-likeness (QED) is 0.891. The number of likely N-dealkylation sites (N-methyl/N-ethyl adjacent to an activating group) is 1. The van der Waals surface area contributed by atoms with Crippen LogP contribution in [0.2, 0.25) is 0 Å². The van der Waals surface area contributed by atoms with Crippen LogP contribution in [0.1, 0.15) is 25.3 Å². The van der Waals surface area contributed by atoms with Gasteiger partial charge in [0, 0.05) is 18.6 Å². The van der Waals surface area contributed by atoms with Crippen molar-refractivity contribution in [1.29, 1.82) is 0 Å². The number of hydrogen-bond donors (Lipinski definition) is 1. The molecule has 2 heterocycles. The zero-order chi connectivity index (χ0) is 13.4. The molecular formula is C14H21N5. The van der Waals surface area contributed by atoms with Crippen LogP contribution in [0.4, 0.5) is 5.82 Å². The molecule has 1 aliphatic rings. The molecule has 19 heavy (non-hydrogen) atoms. The molecule has 0 aliphatic heterocycles. The summed E-state index contributed by atoms with van der Waals surface area (Å²) in [6.07, 6.45) is 4.29. The monoisotopic (exact) mass is 259 g/mol. The molecular weight excluding hydrogens is 238 g/mol. The summed E-state index contributed by atoms with van der Waals surface area (Å²) in [5, 5.41) is 7.76. The van der Waals surface area contributed by atoms with E-state index in [1.54, 1.807) is 6.33 Å². The van der Waals surface area contributed by atoms with Crippen molar-refractivity contribution in [2.45, 2.75) is 38.8 Å². The summed E-state index contributed by atoms with van der Waals surface area (Å²) in [6.45, 7) is 5.27. The first-order valence-corrected chi connectivity index (χ1v) is 6.91. The van der Waals surface area contributed by atoms with Gasteiger partial charge in [-0.3, -0.25) is 4.90 Å². The summed E-state index contributed by atoms with van der Waals surface area (Å²) < 4.78 is 1.86. The maximum absolute atomic E-state index is 4.26. The van der Waals surface area contributed by atoms with Crippen molar-refractivity contribution in [3.8, 4) is 0 Å². The zero-order valence-electron chi connectivity index (χ0n) is 11.8. The van der Waals surface area contributed by atoms with E-state index in [4.69, 9.17) is 0 Å². The van der Waals surface area contributed by atoms with Crippen LogP contribution in [0, 0.1) is 6.92 Å². The third-order valence-corrected chi connectivity index (χ3v) is 3.92. The Morgan fingerprint density at radius 3 is 3.00 bits per heavy atom. The number of hydrogen-bond acceptors (Lipinski definition) is 4. The summed E-state index contributed by atoms with van der Waals surface area (Å²) in [4.78, 5) is 6.70. The molecule has 1 atom stereocenters. The Morgan fingerprint density at radius 1 is 1.47 bits per heavy atom. The summed E-state index contributed by atoms with van der Waals surface area (Å²) in [5.41, 5.74) is 2.09. The fraction of sp³-hybridized carbons (Fsp3) is 0.571. The molecule has 5 heteroatoms. The highest BCUT2D eigenvalue weighted by atomic mass is 15.3. The van der Waals surface area contributed by atoms with Crippen molar-refractivity contribution < 1.29 is 0 Å². The fourth-order valence-electron chi connectivity index (χ4n) is 2.42. The largest absolute Gasteiger partial charge is 0.368 e. The normalized spacial score (nSPS) is 17.1. The lowest BCUT2D eigenvalue weighted by Gasteiger charge is -2.25. The van der Waals surface area contributed by atoms with E-state index in [2.05, 4.69) is 47.3 Å². The van der Waals surface area contributed by atoms with Crippen LogP contribution >= 0.6 is 0 Å². The van der Waals surface area contributed by atoms with Crippen LogP contribution < -0.4 is 5.32 Å². The molecule has 1 unspecified atom stereocenters. The van der Waals surface area contributed by atoms with Gasteiger partial charge in [0.25, 0.3) is 0 Å². The van der Waals surface area contributed by atoms with Crippen molar-refractivity contribution in [2.75, 3.05) is 18.9 Å². The van der Waals surface area contributed by atoms with Crippen molar-refractivity contribution in [1.82, 2.24) is 19.5 Å². The smallest absolute Gasteiger partial charge is 0.157 e. The van der Waals surface area contributed by atoms with Crippen molar-refractivity contribution >= 4 is 11.5 Å². The van der Waals surface area contributed by atoms with Gasteiger partial charge in [-0.25, -0.2) is 4.98 Å². The van der Waals surface area contributed by atoms with Gasteiger partial charge in [-0.1, -0.05) is 0 Å². The SMILES string of the molecule is Cc1cc(NCC(C)N(C)C2CC2)n2ncnc2c1. The number of nitrogens with one attached hydrogen (secondary N) is 1. The van der Waals surface area contributed by atoms with Gasteiger partial charge in [-0.2, -0.15) is 9.61 Å². The average Bonchev–Trinajstić information content (AvgIpc) is 3.13. The highest BCUT2D eigenvalue weighted by molar-refractivity contribution is 5.51. The first kappa shape index (κ1) is 12.4. The molecule has 0 aromatic carbocycles. The highest BCUT2D eigenvalue weighted by Gasteiger charge is 2.28. The second-order valence-electron chi connectivity index (χ2n) is 5.57. The van der Waals surface area contributed by atoms with Gasteiger partial charge in [-0.05, 0) is 51.4 Å². The first-order valence-electron chi connectivity index (χ1n) is 6.91. The van der Waals surface area contributed by atoms with Crippen molar-refractivity contribution in [3.63, 3.8) is 0 Å². The molecule has 0 bridgehead atoms. The third kappa shape index (κ3) is 2.56. The Hall–Kier alpha value is -1.62. The summed E-state index contributed by atoms with van der Waals surface area (Å²) >= 11 is 0. The minimum atomic E-state index is 0.520. The van der Waals surface area contributed by atoms with Gasteiger partial charge >= 0.3 is 0 Å². The molecule has 5 nitrogen and oxygen atoms in total. The minimum Gasteiger partial charge on any atom is -0.368 e. The molecule has 3 rings (SSSR count). The van der Waals surface area contributed by atoms with E-state index < -0.39 is 0 Å². The van der Waals surface area contributed by atoms with Gasteiger partial charge in [-0.15, -0.1) is 0 Å². The Morgan fingerprint density at radius 2 is 2.26 bits per heavy atom. The average molecular weight is 259 g/mol. The minimum absolute atomic E-state index is 0.520. The van der Waals surface area contributed by atoms with Crippen molar-refractivity contribution in [3.05, 3.63) is 24.0 Å². The highest BCUT2D eigenvalue weighted by Crippen LogP contribution is 2.27. The maximum atomic E-state index is 4.26. The predicted octanol–water partition coefficient (Wildman–Crippen LogP) is 1.93. The molecule has 0 spiro atoms. The van der Waals surface area contributed by atoms with Crippen LogP contribution in [0.25, 0.3) is 5.65 Å². The van der Waals surface area contributed by atoms with Gasteiger partial charge in [0.2, 0.25) is 0 Å². The van der Waals surface area contributed by atoms with E-state index in [0.717, 1.165) is 24.1 Å². The number of anilines is 1. The Balaban J connectivity index is 1.72. The van der Waals surface area contributed by atoms with Gasteiger partial charge in [0.15, 0.2) is 5.65 Å². The van der Waals surface area contributed by atoms with Gasteiger partial charge in [0.05, 0.1) is 0 Å². The number of nitrogens with zero attached hydrogens (tertiary/aromatic N) is 4. The van der Waals surface area contributed by atoms with E-state index in [1.807, 2.05) is 10.6 Å². The summed E-state index contributed by atoms with van der Waals surface area (Å²) in [7, 11) is 2.21. The Kier molecular flexibility index (Phi) is 3.14. The lowest BCUT2D eigenvalue weighted by molar-refractivity contribution is 0.257. The predicted molar refractivity (Wildman–Crippen MR) is 76.5 cm³/mol. The van der Waals surface area contributed by atoms with E-state index in [0.29, 0.717) is 6.04 Å². The van der Waals surface area contributed by atoms with Crippen molar-refractivity contribution in [2.24, 2.45) is 0 Å². The molecule has 0 saturated heterocycles. The maximum Gasteiger partial charge on any atom is 0.157 e. The van der Waals surface area contributed by atoms with E-state index in [9.17, 15) is 0 Å². The number of aromatic nitrogens is 3. The summed E-state index contributed by atoms with van der Waals surface area (Å²) in [6, 6.07) is 5.47. The topological polar surface area (TPSA) is 45.5 Å². The second kappa shape index (κ2) is 4.81. The lowest BCUT2D eigenvalue weighted by Crippen LogP contribution is -2.36. The molecule has 102 valence electrons. The van der Waals surface area contributed by atoms with Crippen LogP contribution in [-0.4, -0.2) is 45.2 Å². The molecule has 1 aliphatic carbocycles. The molecule has 0 radical (unpaired) electrons. The van der Waals surface area contributed by atoms with Crippen LogP contribution in [-0.2, 0) is 0 Å². The Bertz CT molecular complexity index is 572. The molecule has 0 amide bonds. The second-order valence-corrected chi connectivity index (χ2v) is 5.57. The van der Waals surface area contributed by atoms with Gasteiger partial charge in [0.1, 0.15) is 12.1 Å². The van der Waals surface area contributed by atoms with Crippen LogP contribution in [0.5, 0.6) is 0 Å². The number of pyridine rings is 1. The Labute approximate surface area is 113 Å². The third-order valence-electron chi connectivity index (χ3n) is 3.92. The molecule has 1 saturated carbocycles. The molecule has 2 aromatic rings. The van der Waals surface area contributed by atoms with E-state index in [-0.39, 0.29) is 0 Å². The molecule has 1 N–H and O–H groups in total. The van der Waals surface area contributed by atoms with Gasteiger partial charge < -0.3 is 5.32 Å². The number of fused-ring (bicyclic) bond motifs is 1. The summed E-state index contributed by atoms with van der Waals surface area (Å²) in [5.74, 6) is 1.02. The van der Waals surface area contributed by atoms with Crippen LogP contribution in [0.15, 0.2) is 18.5 Å². The molecule has 1 fully saturated rings. The first-order chi connectivity index (χ1) is 9.15. The zero-order valence-corrected chi connectivity index (χ0v) is 11.8. The number of rotatable bonds is 5. The number of aryl methyl sites for hydroxylation is 1. The standard InChI is InChI=1S/C14H21N5/c1-10-6-13(19-14(7-10)16-9-17-19)15-8-11(2)18(3)12-4-5-12/h6-7,9,11-12,15H,4-5,8H2,1-3H3. The van der Waals surface area contributed by atoms with E-state index in [1.165, 1.54) is 18.4 Å². The van der Waals surface area contributed by atoms with Crippen LogP contribution in [0.3, 0.4) is 0 Å². The lowest BCUT2D eigenvalue weighted by atomic mass is 10.2. The molecule has 2 aromatic heterocycles. The van der Waals surface area contributed by atoms with E-state index >= 15 is 0 Å². The fourth-order valence-corrected chi connectivity index (χ4v) is 2.42.